The Kier molecular flexibility index (Phi) is 6.21. The lowest BCUT2D eigenvalue weighted by Crippen LogP contribution is -2.26. The van der Waals surface area contributed by atoms with Gasteiger partial charge in [-0.15, -0.1) is 0 Å². The Bertz CT molecular complexity index is 637. The Morgan fingerprint density at radius 3 is 2.57 bits per heavy atom. The van der Waals surface area contributed by atoms with Crippen LogP contribution in [0.4, 0.5) is 0 Å². The third kappa shape index (κ3) is 5.44. The zero-order chi connectivity index (χ0) is 16.7. The third-order valence-electron chi connectivity index (χ3n) is 3.81. The number of amides is 1. The molecule has 0 aliphatic rings. The molecule has 122 valence electrons. The summed E-state index contributed by atoms with van der Waals surface area (Å²) in [7, 11) is 0. The topological polar surface area (TPSA) is 38.3 Å². The van der Waals surface area contributed by atoms with E-state index in [1.54, 1.807) is 0 Å². The molecule has 1 atom stereocenters. The first-order valence-corrected chi connectivity index (χ1v) is 8.10. The number of hydrogen-bond donors (Lipinski definition) is 1. The molecular formula is C20H25NO2. The van der Waals surface area contributed by atoms with E-state index in [4.69, 9.17) is 4.74 Å². The van der Waals surface area contributed by atoms with Gasteiger partial charge in [-0.3, -0.25) is 4.79 Å². The van der Waals surface area contributed by atoms with Gasteiger partial charge < -0.3 is 10.1 Å². The zero-order valence-corrected chi connectivity index (χ0v) is 14.1. The van der Waals surface area contributed by atoms with Crippen LogP contribution in [0, 0.1) is 13.8 Å². The summed E-state index contributed by atoms with van der Waals surface area (Å²) in [5.41, 5.74) is 3.48. The number of carbonyl (C=O) groups is 1. The van der Waals surface area contributed by atoms with Crippen LogP contribution in [0.5, 0.6) is 5.75 Å². The second kappa shape index (κ2) is 8.37. The molecule has 0 spiro atoms. The van der Waals surface area contributed by atoms with Crippen LogP contribution < -0.4 is 10.1 Å². The van der Waals surface area contributed by atoms with E-state index in [1.807, 2.05) is 56.3 Å². The van der Waals surface area contributed by atoms with Crippen LogP contribution in [-0.4, -0.2) is 12.5 Å². The number of ether oxygens (including phenoxy) is 1. The number of hydrogen-bond acceptors (Lipinski definition) is 2. The van der Waals surface area contributed by atoms with E-state index in [1.165, 1.54) is 5.56 Å². The van der Waals surface area contributed by atoms with Crippen molar-refractivity contribution in [3.63, 3.8) is 0 Å². The van der Waals surface area contributed by atoms with Gasteiger partial charge in [-0.05, 0) is 44.4 Å². The van der Waals surface area contributed by atoms with Gasteiger partial charge in [0.2, 0.25) is 5.91 Å². The third-order valence-corrected chi connectivity index (χ3v) is 3.81. The van der Waals surface area contributed by atoms with Gasteiger partial charge in [-0.25, -0.2) is 0 Å². The number of aryl methyl sites for hydroxylation is 2. The molecule has 0 radical (unpaired) electrons. The fourth-order valence-corrected chi connectivity index (χ4v) is 2.51. The second-order valence-electron chi connectivity index (χ2n) is 5.92. The summed E-state index contributed by atoms with van der Waals surface area (Å²) in [6, 6.07) is 16.1. The van der Waals surface area contributed by atoms with Gasteiger partial charge in [0, 0.05) is 6.42 Å². The van der Waals surface area contributed by atoms with Gasteiger partial charge in [-0.2, -0.15) is 0 Å². The molecule has 0 saturated heterocycles. The fraction of sp³-hybridized carbons (Fsp3) is 0.350. The summed E-state index contributed by atoms with van der Waals surface area (Å²) in [5, 5.41) is 3.02. The maximum atomic E-state index is 12.0. The summed E-state index contributed by atoms with van der Waals surface area (Å²) >= 11 is 0. The number of rotatable bonds is 7. The van der Waals surface area contributed by atoms with E-state index in [-0.39, 0.29) is 11.9 Å². The van der Waals surface area contributed by atoms with Crippen LogP contribution in [0.2, 0.25) is 0 Å². The van der Waals surface area contributed by atoms with Crippen molar-refractivity contribution in [3.05, 3.63) is 65.2 Å². The molecule has 0 aliphatic heterocycles. The van der Waals surface area contributed by atoms with Crippen molar-refractivity contribution in [2.45, 2.75) is 39.7 Å². The monoisotopic (exact) mass is 311 g/mol. The Balaban J connectivity index is 1.70. The SMILES string of the molecule is Cc1ccc(OCCCC(=O)N[C@H](C)c2ccccc2)c(C)c1. The van der Waals surface area contributed by atoms with Gasteiger partial charge in [0.25, 0.3) is 0 Å². The van der Waals surface area contributed by atoms with Crippen LogP contribution in [0.25, 0.3) is 0 Å². The summed E-state index contributed by atoms with van der Waals surface area (Å²) < 4.78 is 5.75. The standard InChI is InChI=1S/C20H25NO2/c1-15-11-12-19(16(2)14-15)23-13-7-10-20(22)21-17(3)18-8-5-4-6-9-18/h4-6,8-9,11-12,14,17H,7,10,13H2,1-3H3,(H,21,22)/t17-/m1/s1. The molecule has 1 N–H and O–H groups in total. The van der Waals surface area contributed by atoms with Crippen molar-refractivity contribution in [1.82, 2.24) is 5.32 Å². The quantitative estimate of drug-likeness (QED) is 0.772. The van der Waals surface area contributed by atoms with Gasteiger partial charge in [0.1, 0.15) is 5.75 Å². The molecule has 2 aromatic rings. The molecule has 0 saturated carbocycles. The minimum absolute atomic E-state index is 0.0314. The van der Waals surface area contributed by atoms with E-state index in [9.17, 15) is 4.79 Å². The highest BCUT2D eigenvalue weighted by molar-refractivity contribution is 5.76. The van der Waals surface area contributed by atoms with Crippen LogP contribution in [0.1, 0.15) is 42.5 Å². The molecule has 0 heterocycles. The largest absolute Gasteiger partial charge is 0.493 e. The maximum absolute atomic E-state index is 12.0. The Morgan fingerprint density at radius 1 is 1.13 bits per heavy atom. The van der Waals surface area contributed by atoms with Crippen LogP contribution in [0.3, 0.4) is 0 Å². The van der Waals surface area contributed by atoms with Crippen LogP contribution in [-0.2, 0) is 4.79 Å². The average Bonchev–Trinajstić information content (AvgIpc) is 2.54. The van der Waals surface area contributed by atoms with E-state index in [0.717, 1.165) is 16.9 Å². The molecule has 23 heavy (non-hydrogen) atoms. The molecule has 3 nitrogen and oxygen atoms in total. The molecule has 1 amide bonds. The Hall–Kier alpha value is -2.29. The van der Waals surface area contributed by atoms with Crippen molar-refractivity contribution in [2.24, 2.45) is 0 Å². The zero-order valence-electron chi connectivity index (χ0n) is 14.1. The van der Waals surface area contributed by atoms with Crippen molar-refractivity contribution in [1.29, 1.82) is 0 Å². The number of nitrogens with one attached hydrogen (secondary N) is 1. The highest BCUT2D eigenvalue weighted by atomic mass is 16.5. The lowest BCUT2D eigenvalue weighted by atomic mass is 10.1. The normalized spacial score (nSPS) is 11.8. The predicted octanol–water partition coefficient (Wildman–Crippen LogP) is 4.34. The summed E-state index contributed by atoms with van der Waals surface area (Å²) in [5.74, 6) is 0.958. The van der Waals surface area contributed by atoms with Crippen molar-refractivity contribution >= 4 is 5.91 Å². The summed E-state index contributed by atoms with van der Waals surface area (Å²) in [6.07, 6.45) is 1.18. The van der Waals surface area contributed by atoms with Crippen molar-refractivity contribution < 1.29 is 9.53 Å². The molecule has 3 heteroatoms. The smallest absolute Gasteiger partial charge is 0.220 e. The molecule has 2 aromatic carbocycles. The van der Waals surface area contributed by atoms with E-state index in [0.29, 0.717) is 19.4 Å². The fourth-order valence-electron chi connectivity index (χ4n) is 2.51. The first-order valence-electron chi connectivity index (χ1n) is 8.10. The number of benzene rings is 2. The minimum Gasteiger partial charge on any atom is -0.493 e. The van der Waals surface area contributed by atoms with Crippen molar-refractivity contribution in [2.75, 3.05) is 6.61 Å². The van der Waals surface area contributed by atoms with Gasteiger partial charge in [-0.1, -0.05) is 48.0 Å². The minimum atomic E-state index is 0.0314. The lowest BCUT2D eigenvalue weighted by Gasteiger charge is -2.14. The van der Waals surface area contributed by atoms with Gasteiger partial charge in [0.05, 0.1) is 12.6 Å². The first-order chi connectivity index (χ1) is 11.1. The second-order valence-corrected chi connectivity index (χ2v) is 5.92. The lowest BCUT2D eigenvalue weighted by molar-refractivity contribution is -0.121. The van der Waals surface area contributed by atoms with E-state index in [2.05, 4.69) is 18.3 Å². The van der Waals surface area contributed by atoms with E-state index < -0.39 is 0 Å². The van der Waals surface area contributed by atoms with Gasteiger partial charge in [0.15, 0.2) is 0 Å². The molecule has 0 aliphatic carbocycles. The molecule has 0 bridgehead atoms. The van der Waals surface area contributed by atoms with Crippen molar-refractivity contribution in [3.8, 4) is 5.75 Å². The summed E-state index contributed by atoms with van der Waals surface area (Å²) in [4.78, 5) is 12.0. The number of carbonyl (C=O) groups excluding carboxylic acids is 1. The van der Waals surface area contributed by atoms with Gasteiger partial charge >= 0.3 is 0 Å². The predicted molar refractivity (Wildman–Crippen MR) is 93.6 cm³/mol. The first kappa shape index (κ1) is 17.1. The average molecular weight is 311 g/mol. The highest BCUT2D eigenvalue weighted by Gasteiger charge is 2.09. The Morgan fingerprint density at radius 2 is 1.87 bits per heavy atom. The van der Waals surface area contributed by atoms with Crippen LogP contribution >= 0.6 is 0 Å². The molecule has 0 aromatic heterocycles. The molecule has 0 unspecified atom stereocenters. The van der Waals surface area contributed by atoms with Crippen LogP contribution in [0.15, 0.2) is 48.5 Å². The maximum Gasteiger partial charge on any atom is 0.220 e. The highest BCUT2D eigenvalue weighted by Crippen LogP contribution is 2.19. The molecule has 2 rings (SSSR count). The summed E-state index contributed by atoms with van der Waals surface area (Å²) in [6.45, 7) is 6.65. The molecule has 0 fully saturated rings. The van der Waals surface area contributed by atoms with E-state index >= 15 is 0 Å². The molecular weight excluding hydrogens is 286 g/mol. The Labute approximate surface area is 138 Å².